The summed E-state index contributed by atoms with van der Waals surface area (Å²) >= 11 is 0. The number of rotatable bonds is 5. The topological polar surface area (TPSA) is 95.2 Å². The van der Waals surface area contributed by atoms with Gasteiger partial charge in [0.2, 0.25) is 0 Å². The van der Waals surface area contributed by atoms with Crippen molar-refractivity contribution in [1.82, 2.24) is 19.5 Å². The zero-order valence-electron chi connectivity index (χ0n) is 18.8. The molecule has 3 aliphatic heterocycles. The third-order valence-electron chi connectivity index (χ3n) is 7.02. The molecule has 3 aromatic rings. The van der Waals surface area contributed by atoms with Crippen molar-refractivity contribution >= 4 is 22.9 Å². The van der Waals surface area contributed by atoms with Gasteiger partial charge in [-0.2, -0.15) is 18.3 Å². The molecule has 5 heterocycles. The van der Waals surface area contributed by atoms with Crippen molar-refractivity contribution in [2.45, 2.75) is 37.2 Å². The van der Waals surface area contributed by atoms with Crippen LogP contribution in [0.3, 0.4) is 0 Å². The number of halogens is 3. The molecule has 0 spiro atoms. The van der Waals surface area contributed by atoms with Crippen molar-refractivity contribution in [3.63, 3.8) is 0 Å². The summed E-state index contributed by atoms with van der Waals surface area (Å²) in [5.41, 5.74) is 1.98. The quantitative estimate of drug-likeness (QED) is 0.568. The minimum atomic E-state index is -4.23. The number of amides is 1. The Morgan fingerprint density at radius 2 is 2.14 bits per heavy atom. The molecule has 0 aliphatic carbocycles. The molecule has 3 atom stereocenters. The number of anilines is 2. The fraction of sp³-hybridized carbons (Fsp3) is 0.435. The second-order valence-electron chi connectivity index (χ2n) is 9.60. The number of aliphatic hydroxyl groups excluding tert-OH is 1. The van der Waals surface area contributed by atoms with Gasteiger partial charge in [0.1, 0.15) is 16.9 Å². The van der Waals surface area contributed by atoms with Gasteiger partial charge in [0.15, 0.2) is 5.65 Å². The van der Waals surface area contributed by atoms with Gasteiger partial charge in [-0.15, -0.1) is 0 Å². The van der Waals surface area contributed by atoms with E-state index in [0.717, 1.165) is 5.56 Å². The van der Waals surface area contributed by atoms with Crippen LogP contribution in [-0.4, -0.2) is 80.6 Å². The van der Waals surface area contributed by atoms with Gasteiger partial charge in [0, 0.05) is 49.6 Å². The maximum atomic E-state index is 13.2. The second kappa shape index (κ2) is 7.56. The number of benzene rings is 1. The Kier molecular flexibility index (Phi) is 4.77. The maximum Gasteiger partial charge on any atom is 0.401 e. The first-order valence-corrected chi connectivity index (χ1v) is 11.3. The highest BCUT2D eigenvalue weighted by molar-refractivity contribution is 6.09. The lowest BCUT2D eigenvalue weighted by Gasteiger charge is -2.63. The summed E-state index contributed by atoms with van der Waals surface area (Å²) in [6.45, 7) is 1.42. The first-order chi connectivity index (χ1) is 16.6. The summed E-state index contributed by atoms with van der Waals surface area (Å²) in [7, 11) is 0. The first-order valence-electron chi connectivity index (χ1n) is 11.3. The van der Waals surface area contributed by atoms with E-state index in [-0.39, 0.29) is 18.7 Å². The van der Waals surface area contributed by atoms with Crippen LogP contribution in [0.4, 0.5) is 24.5 Å². The molecular weight excluding hydrogens is 465 g/mol. The number of likely N-dealkylation sites (tertiary alicyclic amines) is 1. The molecule has 1 unspecified atom stereocenters. The molecular formula is C23H23F3N6O3. The fourth-order valence-electron chi connectivity index (χ4n) is 5.19. The monoisotopic (exact) mass is 488 g/mol. The number of hydrogen-bond donors (Lipinski definition) is 2. The minimum absolute atomic E-state index is 0.0738. The van der Waals surface area contributed by atoms with E-state index in [4.69, 9.17) is 4.74 Å². The molecule has 0 bridgehead atoms. The highest BCUT2D eigenvalue weighted by Gasteiger charge is 2.54. The molecule has 12 heteroatoms. The molecule has 0 radical (unpaired) electrons. The molecule has 2 fully saturated rings. The van der Waals surface area contributed by atoms with Gasteiger partial charge in [-0.05, 0) is 19.1 Å². The van der Waals surface area contributed by atoms with Gasteiger partial charge in [-0.1, -0.05) is 0 Å². The Bertz CT molecular complexity index is 1330. The summed E-state index contributed by atoms with van der Waals surface area (Å²) in [6.07, 6.45) is 0.938. The number of nitrogens with zero attached hydrogens (tertiary/aromatic N) is 5. The van der Waals surface area contributed by atoms with Crippen LogP contribution in [-0.2, 0) is 6.42 Å². The number of fused-ring (bicyclic) bond motifs is 3. The third-order valence-corrected chi connectivity index (χ3v) is 7.02. The number of carbonyl (C=O) groups is 1. The summed E-state index contributed by atoms with van der Waals surface area (Å²) in [5, 5.41) is 16.9. The van der Waals surface area contributed by atoms with E-state index in [1.807, 2.05) is 17.0 Å². The van der Waals surface area contributed by atoms with Crippen LogP contribution in [0.5, 0.6) is 5.75 Å². The second-order valence-corrected chi connectivity index (χ2v) is 9.60. The maximum absolute atomic E-state index is 13.2. The number of hydrogen-bond acceptors (Lipinski definition) is 7. The lowest BCUT2D eigenvalue weighted by Crippen LogP contribution is -2.79. The van der Waals surface area contributed by atoms with E-state index in [9.17, 15) is 23.1 Å². The Morgan fingerprint density at radius 1 is 1.31 bits per heavy atom. The van der Waals surface area contributed by atoms with Crippen LogP contribution in [0.15, 0.2) is 36.8 Å². The lowest BCUT2D eigenvalue weighted by molar-refractivity contribution is -0.170. The molecule has 2 aromatic heterocycles. The Morgan fingerprint density at radius 3 is 2.86 bits per heavy atom. The fourth-order valence-corrected chi connectivity index (χ4v) is 5.19. The van der Waals surface area contributed by atoms with Crippen LogP contribution in [0, 0.1) is 0 Å². The van der Waals surface area contributed by atoms with E-state index >= 15 is 0 Å². The largest absolute Gasteiger partial charge is 0.484 e. The van der Waals surface area contributed by atoms with E-state index in [0.29, 0.717) is 47.8 Å². The van der Waals surface area contributed by atoms with Crippen LogP contribution < -0.4 is 15.0 Å². The van der Waals surface area contributed by atoms with Crippen molar-refractivity contribution in [2.24, 2.45) is 0 Å². The van der Waals surface area contributed by atoms with E-state index in [1.165, 1.54) is 15.6 Å². The number of nitrogens with one attached hydrogen (secondary N) is 1. The third kappa shape index (κ3) is 3.67. The number of carbonyl (C=O) groups excluding carboxylic acids is 1. The summed E-state index contributed by atoms with van der Waals surface area (Å²) in [5.74, 6) is 0.204. The van der Waals surface area contributed by atoms with Gasteiger partial charge in [0.25, 0.3) is 5.91 Å². The molecule has 35 heavy (non-hydrogen) atoms. The Labute approximate surface area is 198 Å². The molecule has 6 rings (SSSR count). The van der Waals surface area contributed by atoms with Gasteiger partial charge in [-0.25, -0.2) is 9.50 Å². The highest BCUT2D eigenvalue weighted by Crippen LogP contribution is 2.46. The molecule has 1 aromatic carbocycles. The summed E-state index contributed by atoms with van der Waals surface area (Å²) < 4.78 is 46.0. The van der Waals surface area contributed by atoms with Crippen molar-refractivity contribution in [3.05, 3.63) is 47.9 Å². The predicted molar refractivity (Wildman–Crippen MR) is 120 cm³/mol. The number of ether oxygens (including phenoxy) is 1. The van der Waals surface area contributed by atoms with Gasteiger partial charge < -0.3 is 20.1 Å². The van der Waals surface area contributed by atoms with Gasteiger partial charge >= 0.3 is 6.18 Å². The van der Waals surface area contributed by atoms with Crippen LogP contribution in [0.2, 0.25) is 0 Å². The molecule has 9 nitrogen and oxygen atoms in total. The normalized spacial score (nSPS) is 25.5. The number of piperazine rings is 1. The summed E-state index contributed by atoms with van der Waals surface area (Å²) in [6, 6.07) is 5.08. The molecule has 2 saturated heterocycles. The van der Waals surface area contributed by atoms with Gasteiger partial charge in [-0.3, -0.25) is 9.69 Å². The predicted octanol–water partition coefficient (Wildman–Crippen LogP) is 2.10. The highest BCUT2D eigenvalue weighted by atomic mass is 19.4. The molecule has 184 valence electrons. The lowest BCUT2D eigenvalue weighted by atomic mass is 9.84. The van der Waals surface area contributed by atoms with Crippen LogP contribution in [0.25, 0.3) is 5.65 Å². The van der Waals surface area contributed by atoms with Crippen molar-refractivity contribution in [3.8, 4) is 5.75 Å². The van der Waals surface area contributed by atoms with Crippen LogP contribution in [0.1, 0.15) is 22.8 Å². The van der Waals surface area contributed by atoms with Crippen molar-refractivity contribution in [2.75, 3.05) is 36.5 Å². The molecule has 2 N–H and O–H groups in total. The van der Waals surface area contributed by atoms with Gasteiger partial charge in [0.05, 0.1) is 36.8 Å². The first kappa shape index (κ1) is 22.1. The van der Waals surface area contributed by atoms with E-state index in [1.54, 1.807) is 25.4 Å². The Balaban J connectivity index is 1.30. The minimum Gasteiger partial charge on any atom is -0.484 e. The Hall–Kier alpha value is -3.38. The van der Waals surface area contributed by atoms with E-state index in [2.05, 4.69) is 15.4 Å². The van der Waals surface area contributed by atoms with E-state index < -0.39 is 24.2 Å². The summed E-state index contributed by atoms with van der Waals surface area (Å²) in [4.78, 5) is 20.9. The van der Waals surface area contributed by atoms with Crippen molar-refractivity contribution < 1.29 is 27.8 Å². The smallest absolute Gasteiger partial charge is 0.401 e. The number of aromatic nitrogens is 3. The van der Waals surface area contributed by atoms with Crippen LogP contribution >= 0.6 is 0 Å². The zero-order chi connectivity index (χ0) is 24.5. The average molecular weight is 488 g/mol. The number of aliphatic hydroxyl groups is 1. The molecule has 0 saturated carbocycles. The molecule has 1 amide bonds. The average Bonchev–Trinajstić information content (AvgIpc) is 3.36. The zero-order valence-corrected chi connectivity index (χ0v) is 18.8. The van der Waals surface area contributed by atoms with Crippen molar-refractivity contribution in [1.29, 1.82) is 0 Å². The molecule has 3 aliphatic rings. The SMILES string of the molecule is C[C@@]1(CO)Cc2cc(NC(=O)c3cnn4cccnc34)c(N3C[C@@H]4C3CN4CC(F)(F)F)cc2O1. The number of alkyl halides is 3. The standard InChI is InChI=1S/C23H23F3N6O3/c1-22(12-33)7-13-5-15(29-21(34)14-8-28-32-4-2-3-27-20(14)32)16(6-19(13)35-22)31-10-17-18(31)9-30(17)11-23(24,25)26/h2-6,8,17-18,33H,7,9-12H2,1H3,(H,29,34)/t17-,18?,22+/m1/s1.